The number of aromatic nitrogens is 3. The van der Waals surface area contributed by atoms with Crippen LogP contribution in [-0.4, -0.2) is 40.6 Å². The lowest BCUT2D eigenvalue weighted by Crippen LogP contribution is -2.50. The van der Waals surface area contributed by atoms with Crippen molar-refractivity contribution in [1.29, 1.82) is 0 Å². The molecule has 134 valence electrons. The Morgan fingerprint density at radius 3 is 2.92 bits per heavy atom. The highest BCUT2D eigenvalue weighted by Crippen LogP contribution is 2.35. The van der Waals surface area contributed by atoms with Crippen LogP contribution >= 0.6 is 11.6 Å². The van der Waals surface area contributed by atoms with Crippen molar-refractivity contribution in [2.75, 3.05) is 29.9 Å². The second kappa shape index (κ2) is 7.43. The van der Waals surface area contributed by atoms with Gasteiger partial charge in [0.05, 0.1) is 33.6 Å². The Hall–Kier alpha value is -2.44. The van der Waals surface area contributed by atoms with Crippen LogP contribution in [0.4, 0.5) is 11.4 Å². The summed E-state index contributed by atoms with van der Waals surface area (Å²) in [6.07, 6.45) is 6.97. The number of pyridine rings is 1. The fourth-order valence-corrected chi connectivity index (χ4v) is 3.61. The van der Waals surface area contributed by atoms with E-state index in [0.717, 1.165) is 47.6 Å². The number of nitrogens with one attached hydrogen (secondary N) is 2. The molecule has 2 N–H and O–H groups in total. The molecule has 1 aliphatic rings. The van der Waals surface area contributed by atoms with Gasteiger partial charge in [0.2, 0.25) is 0 Å². The SMILES string of the molecule is C[C@@H]1CNCCN1c1c(Cl)cncc1NCc1ccc2nccnc2c1. The molecule has 3 aromatic rings. The summed E-state index contributed by atoms with van der Waals surface area (Å²) < 4.78 is 0. The molecule has 0 aliphatic carbocycles. The number of nitrogens with zero attached hydrogens (tertiary/aromatic N) is 4. The number of piperazine rings is 1. The monoisotopic (exact) mass is 368 g/mol. The summed E-state index contributed by atoms with van der Waals surface area (Å²) in [5.41, 5.74) is 4.90. The number of halogens is 1. The van der Waals surface area contributed by atoms with Gasteiger partial charge in [-0.25, -0.2) is 0 Å². The predicted octanol–water partition coefficient (Wildman–Crippen LogP) is 3.09. The first kappa shape index (κ1) is 17.0. The third kappa shape index (κ3) is 3.43. The largest absolute Gasteiger partial charge is 0.378 e. The van der Waals surface area contributed by atoms with Gasteiger partial charge >= 0.3 is 0 Å². The number of hydrogen-bond acceptors (Lipinski definition) is 6. The number of rotatable bonds is 4. The molecular weight excluding hydrogens is 348 g/mol. The molecule has 1 aliphatic heterocycles. The van der Waals surface area contributed by atoms with E-state index >= 15 is 0 Å². The molecule has 1 fully saturated rings. The first-order valence-corrected chi connectivity index (χ1v) is 9.14. The van der Waals surface area contributed by atoms with Gasteiger partial charge in [-0.15, -0.1) is 0 Å². The van der Waals surface area contributed by atoms with Gasteiger partial charge in [0.15, 0.2) is 0 Å². The molecule has 3 heterocycles. The van der Waals surface area contributed by atoms with Crippen molar-refractivity contribution in [1.82, 2.24) is 20.3 Å². The van der Waals surface area contributed by atoms with E-state index in [-0.39, 0.29) is 0 Å². The van der Waals surface area contributed by atoms with E-state index in [0.29, 0.717) is 17.6 Å². The van der Waals surface area contributed by atoms with Crippen molar-refractivity contribution < 1.29 is 0 Å². The molecule has 0 radical (unpaired) electrons. The molecule has 1 atom stereocenters. The maximum Gasteiger partial charge on any atom is 0.0890 e. The summed E-state index contributed by atoms with van der Waals surface area (Å²) >= 11 is 6.51. The lowest BCUT2D eigenvalue weighted by Gasteiger charge is -2.37. The highest BCUT2D eigenvalue weighted by atomic mass is 35.5. The summed E-state index contributed by atoms with van der Waals surface area (Å²) in [6, 6.07) is 6.49. The minimum Gasteiger partial charge on any atom is -0.378 e. The summed E-state index contributed by atoms with van der Waals surface area (Å²) in [6.45, 7) is 5.69. The molecule has 26 heavy (non-hydrogen) atoms. The smallest absolute Gasteiger partial charge is 0.0890 e. The highest BCUT2D eigenvalue weighted by molar-refractivity contribution is 6.33. The summed E-state index contributed by atoms with van der Waals surface area (Å²) in [5.74, 6) is 0. The van der Waals surface area contributed by atoms with Gasteiger partial charge < -0.3 is 15.5 Å². The topological polar surface area (TPSA) is 66.0 Å². The standard InChI is InChI=1S/C19H21ClN6/c1-13-9-21-6-7-26(13)19-15(20)11-22-12-18(19)25-10-14-2-3-16-17(8-14)24-5-4-23-16/h2-5,8,11-13,21,25H,6-7,9-10H2,1H3/t13-/m1/s1. The molecule has 1 saturated heterocycles. The van der Waals surface area contributed by atoms with Crippen LogP contribution < -0.4 is 15.5 Å². The third-order valence-electron chi connectivity index (χ3n) is 4.68. The van der Waals surface area contributed by atoms with Crippen molar-refractivity contribution in [3.63, 3.8) is 0 Å². The number of benzene rings is 1. The molecule has 7 heteroatoms. The molecule has 0 saturated carbocycles. The average Bonchev–Trinajstić information content (AvgIpc) is 2.67. The molecule has 2 aromatic heterocycles. The zero-order chi connectivity index (χ0) is 17.9. The fourth-order valence-electron chi connectivity index (χ4n) is 3.34. The Balaban J connectivity index is 1.58. The lowest BCUT2D eigenvalue weighted by molar-refractivity contribution is 0.501. The Morgan fingerprint density at radius 1 is 1.23 bits per heavy atom. The van der Waals surface area contributed by atoms with Crippen LogP contribution in [0.2, 0.25) is 5.02 Å². The van der Waals surface area contributed by atoms with E-state index in [1.807, 2.05) is 12.3 Å². The van der Waals surface area contributed by atoms with E-state index in [1.165, 1.54) is 0 Å². The number of hydrogen-bond donors (Lipinski definition) is 2. The van der Waals surface area contributed by atoms with Gasteiger partial charge in [0.25, 0.3) is 0 Å². The summed E-state index contributed by atoms with van der Waals surface area (Å²) in [4.78, 5) is 15.3. The molecule has 0 bridgehead atoms. The number of fused-ring (bicyclic) bond motifs is 1. The van der Waals surface area contributed by atoms with Crippen molar-refractivity contribution in [3.8, 4) is 0 Å². The van der Waals surface area contributed by atoms with E-state index in [9.17, 15) is 0 Å². The van der Waals surface area contributed by atoms with Gasteiger partial charge in [-0.1, -0.05) is 17.7 Å². The van der Waals surface area contributed by atoms with E-state index < -0.39 is 0 Å². The third-order valence-corrected chi connectivity index (χ3v) is 4.95. The summed E-state index contributed by atoms with van der Waals surface area (Å²) in [7, 11) is 0. The minimum absolute atomic E-state index is 0.375. The highest BCUT2D eigenvalue weighted by Gasteiger charge is 2.23. The van der Waals surface area contributed by atoms with Gasteiger partial charge in [-0.3, -0.25) is 15.0 Å². The van der Waals surface area contributed by atoms with E-state index in [2.05, 4.69) is 49.5 Å². The molecule has 0 unspecified atom stereocenters. The van der Waals surface area contributed by atoms with Crippen LogP contribution in [0.1, 0.15) is 12.5 Å². The van der Waals surface area contributed by atoms with Crippen LogP contribution in [0, 0.1) is 0 Å². The van der Waals surface area contributed by atoms with Crippen LogP contribution in [0.25, 0.3) is 11.0 Å². The maximum absolute atomic E-state index is 6.51. The second-order valence-electron chi connectivity index (χ2n) is 6.50. The second-order valence-corrected chi connectivity index (χ2v) is 6.90. The van der Waals surface area contributed by atoms with Crippen LogP contribution in [0.5, 0.6) is 0 Å². The molecular formula is C19H21ClN6. The van der Waals surface area contributed by atoms with Crippen LogP contribution in [0.3, 0.4) is 0 Å². The first-order chi connectivity index (χ1) is 12.7. The average molecular weight is 369 g/mol. The van der Waals surface area contributed by atoms with Crippen molar-refractivity contribution >= 4 is 34.0 Å². The molecule has 0 amide bonds. The normalized spacial score (nSPS) is 17.5. The zero-order valence-electron chi connectivity index (χ0n) is 14.6. The minimum atomic E-state index is 0.375. The zero-order valence-corrected chi connectivity index (χ0v) is 15.4. The Morgan fingerprint density at radius 2 is 2.08 bits per heavy atom. The Kier molecular flexibility index (Phi) is 4.86. The molecule has 6 nitrogen and oxygen atoms in total. The summed E-state index contributed by atoms with van der Waals surface area (Å²) in [5, 5.41) is 7.58. The van der Waals surface area contributed by atoms with Crippen molar-refractivity contribution in [2.45, 2.75) is 19.5 Å². The van der Waals surface area contributed by atoms with Gasteiger partial charge in [-0.05, 0) is 24.6 Å². The lowest BCUT2D eigenvalue weighted by atomic mass is 10.1. The molecule has 0 spiro atoms. The Labute approximate surface area is 157 Å². The van der Waals surface area contributed by atoms with Crippen LogP contribution in [-0.2, 0) is 6.54 Å². The Bertz CT molecular complexity index is 915. The van der Waals surface area contributed by atoms with Gasteiger partial charge in [0, 0.05) is 50.8 Å². The van der Waals surface area contributed by atoms with Gasteiger partial charge in [-0.2, -0.15) is 0 Å². The molecule has 1 aromatic carbocycles. The maximum atomic E-state index is 6.51. The first-order valence-electron chi connectivity index (χ1n) is 8.77. The van der Waals surface area contributed by atoms with E-state index in [1.54, 1.807) is 18.6 Å². The van der Waals surface area contributed by atoms with Crippen LogP contribution in [0.15, 0.2) is 43.0 Å². The molecule has 4 rings (SSSR count). The van der Waals surface area contributed by atoms with Gasteiger partial charge in [0.1, 0.15) is 0 Å². The fraction of sp³-hybridized carbons (Fsp3) is 0.316. The quantitative estimate of drug-likeness (QED) is 0.737. The predicted molar refractivity (Wildman–Crippen MR) is 106 cm³/mol. The van der Waals surface area contributed by atoms with Crippen molar-refractivity contribution in [2.24, 2.45) is 0 Å². The van der Waals surface area contributed by atoms with E-state index in [4.69, 9.17) is 11.6 Å². The van der Waals surface area contributed by atoms with Crippen molar-refractivity contribution in [3.05, 3.63) is 53.6 Å². The number of anilines is 2.